The first kappa shape index (κ1) is 35.7. The van der Waals surface area contributed by atoms with E-state index in [1.165, 1.54) is 31.4 Å². The lowest BCUT2D eigenvalue weighted by Gasteiger charge is -2.06. The van der Waals surface area contributed by atoms with Gasteiger partial charge in [0.25, 0.3) is 17.1 Å². The van der Waals surface area contributed by atoms with Gasteiger partial charge >= 0.3 is 17.9 Å². The third-order valence-corrected chi connectivity index (χ3v) is 4.87. The summed E-state index contributed by atoms with van der Waals surface area (Å²) in [5.74, 6) is -3.16. The van der Waals surface area contributed by atoms with Crippen LogP contribution in [0.25, 0.3) is 0 Å². The largest absolute Gasteiger partial charge is 0.508 e. The third kappa shape index (κ3) is 11.3. The first-order chi connectivity index (χ1) is 20.6. The van der Waals surface area contributed by atoms with Crippen molar-refractivity contribution in [3.63, 3.8) is 0 Å². The molecule has 0 fully saturated rings. The van der Waals surface area contributed by atoms with E-state index in [2.05, 4.69) is 0 Å². The zero-order valence-corrected chi connectivity index (χ0v) is 23.2. The second-order valence-corrected chi connectivity index (χ2v) is 7.91. The number of hydrogen-bond acceptors (Lipinski definition) is 13. The highest BCUT2D eigenvalue weighted by Gasteiger charge is 2.16. The molecule has 0 spiro atoms. The molecule has 0 heterocycles. The number of hydrogen-bond donors (Lipinski definition) is 3. The number of esters is 1. The average Bonchev–Trinajstić information content (AvgIpc) is 2.97. The van der Waals surface area contributed by atoms with E-state index in [0.29, 0.717) is 6.61 Å². The van der Waals surface area contributed by atoms with Gasteiger partial charge in [0, 0.05) is 18.2 Å². The van der Waals surface area contributed by atoms with E-state index in [4.69, 9.17) is 29.5 Å². The van der Waals surface area contributed by atoms with Crippen LogP contribution in [0.2, 0.25) is 0 Å². The Kier molecular flexibility index (Phi) is 13.6. The van der Waals surface area contributed by atoms with Crippen LogP contribution in [-0.4, -0.2) is 68.3 Å². The van der Waals surface area contributed by atoms with Crippen LogP contribution < -0.4 is 9.47 Å². The second kappa shape index (κ2) is 16.8. The summed E-state index contributed by atoms with van der Waals surface area (Å²) in [7, 11) is 1.31. The first-order valence-corrected chi connectivity index (χ1v) is 12.0. The van der Waals surface area contributed by atoms with Crippen LogP contribution in [0.5, 0.6) is 17.2 Å². The van der Waals surface area contributed by atoms with Crippen LogP contribution in [0, 0.1) is 30.3 Å². The molecule has 234 valence electrons. The number of nitro groups is 3. The van der Waals surface area contributed by atoms with Crippen LogP contribution in [0.15, 0.2) is 54.6 Å². The number of carbonyl (C=O) groups excluding carboxylic acids is 1. The van der Waals surface area contributed by atoms with Crippen molar-refractivity contribution in [1.29, 1.82) is 0 Å². The normalized spacial score (nSPS) is 9.61. The van der Waals surface area contributed by atoms with E-state index < -0.39 is 44.1 Å². The highest BCUT2D eigenvalue weighted by molar-refractivity contribution is 5.91. The molecule has 3 aromatic rings. The summed E-state index contributed by atoms with van der Waals surface area (Å²) >= 11 is 0. The third-order valence-electron chi connectivity index (χ3n) is 4.87. The lowest BCUT2D eigenvalue weighted by molar-refractivity contribution is -0.385. The molecule has 0 atom stereocenters. The number of carbonyl (C=O) groups is 3. The molecule has 0 aliphatic heterocycles. The molecule has 0 radical (unpaired) electrons. The maximum Gasteiger partial charge on any atom is 0.338 e. The molecule has 3 aromatic carbocycles. The number of carboxylic acid groups (broad SMARTS) is 2. The fourth-order valence-electron chi connectivity index (χ4n) is 3.03. The highest BCUT2D eigenvalue weighted by atomic mass is 16.6. The number of benzene rings is 3. The number of non-ortho nitro benzene ring substituents is 3. The van der Waals surface area contributed by atoms with E-state index in [1.54, 1.807) is 13.8 Å². The number of phenolic OH excluding ortho intramolecular Hbond substituents is 1. The maximum absolute atomic E-state index is 11.5. The van der Waals surface area contributed by atoms with Crippen LogP contribution in [0.1, 0.15) is 44.9 Å². The van der Waals surface area contributed by atoms with Crippen LogP contribution in [0.4, 0.5) is 17.1 Å². The van der Waals surface area contributed by atoms with Crippen molar-refractivity contribution in [3.05, 3.63) is 102 Å². The molecule has 18 heteroatoms. The van der Waals surface area contributed by atoms with E-state index in [-0.39, 0.29) is 46.2 Å². The molecule has 0 saturated heterocycles. The monoisotopic (exact) mass is 619 g/mol. The number of rotatable bonds is 10. The van der Waals surface area contributed by atoms with Gasteiger partial charge in [0.05, 0.1) is 70.0 Å². The predicted octanol–water partition coefficient (Wildman–Crippen LogP) is 4.47. The van der Waals surface area contributed by atoms with Crippen molar-refractivity contribution in [3.8, 4) is 17.2 Å². The molecule has 0 aliphatic carbocycles. The Bertz CT molecular complexity index is 1490. The SMILES string of the molecule is CCOC(=O)c1cc(OCC)cc([N+](=O)[O-])c1.COc1cc(C(=O)O)cc([N+](=O)[O-])c1.O=C(O)c1cc(O)cc([N+](=O)[O-])c1. The molecule has 0 saturated carbocycles. The van der Waals surface area contributed by atoms with Crippen molar-refractivity contribution < 1.29 is 58.7 Å². The number of nitrogens with zero attached hydrogens (tertiary/aromatic N) is 3. The number of carboxylic acids is 2. The van der Waals surface area contributed by atoms with Crippen molar-refractivity contribution in [2.45, 2.75) is 13.8 Å². The summed E-state index contributed by atoms with van der Waals surface area (Å²) in [5, 5.41) is 57.4. The molecule has 0 aromatic heterocycles. The summed E-state index contributed by atoms with van der Waals surface area (Å²) in [5.41, 5.74) is -1.31. The fraction of sp³-hybridized carbons (Fsp3) is 0.192. The van der Waals surface area contributed by atoms with E-state index in [0.717, 1.165) is 30.3 Å². The fourth-order valence-corrected chi connectivity index (χ4v) is 3.03. The lowest BCUT2D eigenvalue weighted by atomic mass is 10.2. The number of methoxy groups -OCH3 is 1. The van der Waals surface area contributed by atoms with Crippen LogP contribution in [0.3, 0.4) is 0 Å². The van der Waals surface area contributed by atoms with Gasteiger partial charge in [-0.15, -0.1) is 0 Å². The summed E-state index contributed by atoms with van der Waals surface area (Å²) in [6.07, 6.45) is 0. The van der Waals surface area contributed by atoms with Gasteiger partial charge in [-0.1, -0.05) is 0 Å². The van der Waals surface area contributed by atoms with Gasteiger partial charge in [-0.25, -0.2) is 14.4 Å². The smallest absolute Gasteiger partial charge is 0.338 e. The molecule has 0 unspecified atom stereocenters. The first-order valence-electron chi connectivity index (χ1n) is 12.0. The Morgan fingerprint density at radius 3 is 1.52 bits per heavy atom. The zero-order valence-electron chi connectivity index (χ0n) is 23.2. The van der Waals surface area contributed by atoms with Gasteiger partial charge in [0.2, 0.25) is 0 Å². The molecule has 44 heavy (non-hydrogen) atoms. The Morgan fingerprint density at radius 1 is 0.659 bits per heavy atom. The van der Waals surface area contributed by atoms with Gasteiger partial charge < -0.3 is 29.5 Å². The minimum Gasteiger partial charge on any atom is -0.508 e. The van der Waals surface area contributed by atoms with E-state index in [9.17, 15) is 44.7 Å². The van der Waals surface area contributed by atoms with Crippen molar-refractivity contribution in [2.75, 3.05) is 20.3 Å². The number of aromatic hydroxyl groups is 1. The predicted molar refractivity (Wildman–Crippen MR) is 149 cm³/mol. The molecule has 3 rings (SSSR count). The molecule has 0 amide bonds. The van der Waals surface area contributed by atoms with Crippen molar-refractivity contribution >= 4 is 35.0 Å². The van der Waals surface area contributed by atoms with E-state index >= 15 is 0 Å². The molecule has 18 nitrogen and oxygen atoms in total. The quantitative estimate of drug-likeness (QED) is 0.160. The number of nitro benzene ring substituents is 3. The Morgan fingerprint density at radius 2 is 1.09 bits per heavy atom. The number of phenols is 1. The molecule has 3 N–H and O–H groups in total. The van der Waals surface area contributed by atoms with Gasteiger partial charge in [-0.2, -0.15) is 0 Å². The Labute approximate surface area is 247 Å². The molecular formula is C26H25N3O15. The summed E-state index contributed by atoms with van der Waals surface area (Å²) < 4.78 is 14.7. The van der Waals surface area contributed by atoms with Crippen molar-refractivity contribution in [1.82, 2.24) is 0 Å². The second-order valence-electron chi connectivity index (χ2n) is 7.91. The highest BCUT2D eigenvalue weighted by Crippen LogP contribution is 2.24. The molecule has 0 aliphatic rings. The van der Waals surface area contributed by atoms with Crippen molar-refractivity contribution in [2.24, 2.45) is 0 Å². The Hall–Kier alpha value is -6.33. The van der Waals surface area contributed by atoms with E-state index in [1.807, 2.05) is 0 Å². The molecular weight excluding hydrogens is 594 g/mol. The average molecular weight is 619 g/mol. The number of ether oxygens (including phenoxy) is 3. The number of aromatic carboxylic acids is 2. The summed E-state index contributed by atoms with van der Waals surface area (Å²) in [6.45, 7) is 4.00. The maximum atomic E-state index is 11.5. The van der Waals surface area contributed by atoms with Gasteiger partial charge in [-0.3, -0.25) is 30.3 Å². The lowest BCUT2D eigenvalue weighted by Crippen LogP contribution is -2.06. The standard InChI is InChI=1S/C11H13NO5.C8H7NO5.C7H5NO5/c1-3-16-10-6-8(11(13)17-4-2)5-9(7-10)12(14)15;1-14-7-3-5(8(10)11)2-6(4-7)9(12)13;9-6-2-4(7(10)11)1-5(3-6)8(12)13/h5-7H,3-4H2,1-2H3;2-4H,1H3,(H,10,11);1-3,9H,(H,10,11). The summed E-state index contributed by atoms with van der Waals surface area (Å²) in [4.78, 5) is 61.7. The van der Waals surface area contributed by atoms with Crippen LogP contribution >= 0.6 is 0 Å². The summed E-state index contributed by atoms with van der Waals surface area (Å²) in [6, 6.07) is 9.91. The van der Waals surface area contributed by atoms with Gasteiger partial charge in [-0.05, 0) is 32.0 Å². The minimum absolute atomic E-state index is 0.115. The topological polar surface area (TPSA) is 269 Å². The molecule has 0 bridgehead atoms. The van der Waals surface area contributed by atoms with Gasteiger partial charge in [0.15, 0.2) is 0 Å². The minimum atomic E-state index is -1.32. The Balaban J connectivity index is 0.000000333. The van der Waals surface area contributed by atoms with Gasteiger partial charge in [0.1, 0.15) is 17.2 Å². The zero-order chi connectivity index (χ0) is 33.6. The van der Waals surface area contributed by atoms with Crippen LogP contribution in [-0.2, 0) is 4.74 Å².